The Hall–Kier alpha value is -0.580. The molecule has 3 nitrogen and oxygen atoms in total. The van der Waals surface area contributed by atoms with Gasteiger partial charge < -0.3 is 15.1 Å². The summed E-state index contributed by atoms with van der Waals surface area (Å²) in [5, 5.41) is 3.48. The van der Waals surface area contributed by atoms with E-state index >= 15 is 0 Å². The molecule has 1 heterocycles. The highest BCUT2D eigenvalue weighted by atomic mass is 79.9. The summed E-state index contributed by atoms with van der Waals surface area (Å²) in [5.41, 5.74) is 1.31. The van der Waals surface area contributed by atoms with Gasteiger partial charge in [-0.05, 0) is 42.2 Å². The Morgan fingerprint density at radius 2 is 2.18 bits per heavy atom. The number of benzene rings is 1. The summed E-state index contributed by atoms with van der Waals surface area (Å²) in [6.07, 6.45) is 0. The number of piperazine rings is 1. The van der Waals surface area contributed by atoms with Crippen molar-refractivity contribution in [1.29, 1.82) is 0 Å². The van der Waals surface area contributed by atoms with Gasteiger partial charge in [0.2, 0.25) is 0 Å². The Morgan fingerprint density at radius 1 is 1.41 bits per heavy atom. The third-order valence-electron chi connectivity index (χ3n) is 3.09. The van der Waals surface area contributed by atoms with Crippen molar-refractivity contribution in [1.82, 2.24) is 10.2 Å². The molecule has 1 aromatic rings. The molecule has 0 bridgehead atoms. The Morgan fingerprint density at radius 3 is 2.88 bits per heavy atom. The predicted octanol–water partition coefficient (Wildman–Crippen LogP) is 1.79. The minimum Gasteiger partial charge on any atom is -0.364 e. The van der Waals surface area contributed by atoms with Gasteiger partial charge in [-0.25, -0.2) is 0 Å². The van der Waals surface area contributed by atoms with E-state index in [1.165, 1.54) is 10.2 Å². The van der Waals surface area contributed by atoms with Crippen LogP contribution in [0.15, 0.2) is 28.7 Å². The van der Waals surface area contributed by atoms with Crippen molar-refractivity contribution in [3.8, 4) is 0 Å². The zero-order valence-electron chi connectivity index (χ0n) is 10.5. The molecule has 1 saturated heterocycles. The molecule has 1 aliphatic heterocycles. The maximum Gasteiger partial charge on any atom is 0.0542 e. The highest BCUT2D eigenvalue weighted by molar-refractivity contribution is 9.10. The van der Waals surface area contributed by atoms with E-state index in [0.29, 0.717) is 6.04 Å². The van der Waals surface area contributed by atoms with Gasteiger partial charge in [-0.15, -0.1) is 0 Å². The molecule has 1 atom stereocenters. The van der Waals surface area contributed by atoms with Crippen LogP contribution in [0.5, 0.6) is 0 Å². The zero-order chi connectivity index (χ0) is 12.3. The van der Waals surface area contributed by atoms with E-state index in [1.54, 1.807) is 0 Å². The molecule has 4 heteroatoms. The van der Waals surface area contributed by atoms with Crippen molar-refractivity contribution in [2.24, 2.45) is 0 Å². The van der Waals surface area contributed by atoms with E-state index in [1.807, 2.05) is 0 Å². The third-order valence-corrected chi connectivity index (χ3v) is 3.76. The van der Waals surface area contributed by atoms with E-state index in [-0.39, 0.29) is 0 Å². The number of hydrogen-bond acceptors (Lipinski definition) is 3. The lowest BCUT2D eigenvalue weighted by atomic mass is 10.1. The molecule has 0 aromatic heterocycles. The minimum atomic E-state index is 0.539. The number of halogens is 1. The second-order valence-electron chi connectivity index (χ2n) is 4.76. The minimum absolute atomic E-state index is 0.539. The van der Waals surface area contributed by atoms with Gasteiger partial charge in [0.15, 0.2) is 0 Å². The number of hydrogen-bond donors (Lipinski definition) is 1. The second kappa shape index (κ2) is 5.85. The standard InChI is InChI=1S/C13H20BrN3/c1-16(2)10-11-9-15-7-8-17(11)13-6-4-3-5-12(13)14/h3-6,11,15H,7-10H2,1-2H3. The van der Waals surface area contributed by atoms with E-state index in [0.717, 1.165) is 26.2 Å². The fourth-order valence-corrected chi connectivity index (χ4v) is 2.86. The topological polar surface area (TPSA) is 18.5 Å². The number of nitrogens with one attached hydrogen (secondary N) is 1. The summed E-state index contributed by atoms with van der Waals surface area (Å²) < 4.78 is 1.19. The molecular formula is C13H20BrN3. The molecule has 1 unspecified atom stereocenters. The van der Waals surface area contributed by atoms with E-state index in [4.69, 9.17) is 0 Å². The monoisotopic (exact) mass is 297 g/mol. The highest BCUT2D eigenvalue weighted by Crippen LogP contribution is 2.27. The molecule has 0 amide bonds. The fourth-order valence-electron chi connectivity index (χ4n) is 2.35. The maximum absolute atomic E-state index is 3.65. The van der Waals surface area contributed by atoms with Crippen molar-refractivity contribution >= 4 is 21.6 Å². The van der Waals surface area contributed by atoms with Gasteiger partial charge in [-0.3, -0.25) is 0 Å². The van der Waals surface area contributed by atoms with Crippen molar-refractivity contribution in [3.63, 3.8) is 0 Å². The number of rotatable bonds is 3. The normalized spacial score (nSPS) is 20.9. The lowest BCUT2D eigenvalue weighted by Gasteiger charge is -2.39. The smallest absolute Gasteiger partial charge is 0.0542 e. The molecule has 0 saturated carbocycles. The number of anilines is 1. The first-order valence-corrected chi connectivity index (χ1v) is 6.84. The van der Waals surface area contributed by atoms with Crippen LogP contribution in [0.1, 0.15) is 0 Å². The molecule has 1 N–H and O–H groups in total. The van der Waals surface area contributed by atoms with Gasteiger partial charge in [-0.1, -0.05) is 12.1 Å². The Kier molecular flexibility index (Phi) is 4.42. The van der Waals surface area contributed by atoms with Crippen molar-refractivity contribution in [2.45, 2.75) is 6.04 Å². The van der Waals surface area contributed by atoms with E-state index < -0.39 is 0 Å². The van der Waals surface area contributed by atoms with E-state index in [9.17, 15) is 0 Å². The van der Waals surface area contributed by atoms with Crippen LogP contribution >= 0.6 is 15.9 Å². The van der Waals surface area contributed by atoms with Crippen LogP contribution in [0, 0.1) is 0 Å². The molecule has 94 valence electrons. The first-order valence-electron chi connectivity index (χ1n) is 6.05. The number of likely N-dealkylation sites (N-methyl/N-ethyl adjacent to an activating group) is 1. The van der Waals surface area contributed by atoms with Crippen molar-refractivity contribution in [3.05, 3.63) is 28.7 Å². The van der Waals surface area contributed by atoms with Gasteiger partial charge >= 0.3 is 0 Å². The number of para-hydroxylation sites is 1. The molecular weight excluding hydrogens is 278 g/mol. The average Bonchev–Trinajstić information content (AvgIpc) is 2.30. The summed E-state index contributed by atoms with van der Waals surface area (Å²) in [5.74, 6) is 0. The van der Waals surface area contributed by atoms with Gasteiger partial charge in [-0.2, -0.15) is 0 Å². The van der Waals surface area contributed by atoms with Crippen molar-refractivity contribution < 1.29 is 0 Å². The lowest BCUT2D eigenvalue weighted by molar-refractivity contribution is 0.336. The molecule has 1 aromatic carbocycles. The SMILES string of the molecule is CN(C)CC1CNCCN1c1ccccc1Br. The molecule has 0 radical (unpaired) electrons. The van der Waals surface area contributed by atoms with E-state index in [2.05, 4.69) is 69.4 Å². The molecule has 2 rings (SSSR count). The van der Waals surface area contributed by atoms with Gasteiger partial charge in [0.1, 0.15) is 0 Å². The highest BCUT2D eigenvalue weighted by Gasteiger charge is 2.23. The van der Waals surface area contributed by atoms with Crippen LogP contribution in [-0.4, -0.2) is 51.2 Å². The van der Waals surface area contributed by atoms with Crippen LogP contribution in [0.4, 0.5) is 5.69 Å². The van der Waals surface area contributed by atoms with Crippen LogP contribution in [0.25, 0.3) is 0 Å². The molecule has 17 heavy (non-hydrogen) atoms. The lowest BCUT2D eigenvalue weighted by Crippen LogP contribution is -2.55. The van der Waals surface area contributed by atoms with Crippen LogP contribution in [0.3, 0.4) is 0 Å². The Bertz CT molecular complexity index is 367. The fraction of sp³-hybridized carbons (Fsp3) is 0.538. The molecule has 0 aliphatic carbocycles. The molecule has 1 fully saturated rings. The third kappa shape index (κ3) is 3.21. The molecule has 1 aliphatic rings. The number of nitrogens with zero attached hydrogens (tertiary/aromatic N) is 2. The van der Waals surface area contributed by atoms with Crippen LogP contribution in [0.2, 0.25) is 0 Å². The van der Waals surface area contributed by atoms with Gasteiger partial charge in [0.25, 0.3) is 0 Å². The van der Waals surface area contributed by atoms with Crippen LogP contribution < -0.4 is 10.2 Å². The quantitative estimate of drug-likeness (QED) is 0.918. The largest absolute Gasteiger partial charge is 0.364 e. The Balaban J connectivity index is 2.19. The Labute approximate surface area is 112 Å². The van der Waals surface area contributed by atoms with Crippen LogP contribution in [-0.2, 0) is 0 Å². The average molecular weight is 298 g/mol. The van der Waals surface area contributed by atoms with Gasteiger partial charge in [0, 0.05) is 30.7 Å². The summed E-state index contributed by atoms with van der Waals surface area (Å²) >= 11 is 3.65. The first-order chi connectivity index (χ1) is 8.18. The zero-order valence-corrected chi connectivity index (χ0v) is 12.1. The summed E-state index contributed by atoms with van der Waals surface area (Å²) in [6.45, 7) is 4.26. The summed E-state index contributed by atoms with van der Waals surface area (Å²) in [4.78, 5) is 4.75. The first kappa shape index (κ1) is 12.9. The summed E-state index contributed by atoms with van der Waals surface area (Å²) in [6, 6.07) is 9.02. The van der Waals surface area contributed by atoms with Gasteiger partial charge in [0.05, 0.1) is 11.7 Å². The van der Waals surface area contributed by atoms with Crippen molar-refractivity contribution in [2.75, 3.05) is 45.2 Å². The second-order valence-corrected chi connectivity index (χ2v) is 5.62. The molecule has 0 spiro atoms. The summed E-state index contributed by atoms with van der Waals surface area (Å²) in [7, 11) is 4.26. The predicted molar refractivity (Wildman–Crippen MR) is 76.7 cm³/mol. The maximum atomic E-state index is 3.65.